The van der Waals surface area contributed by atoms with Crippen molar-refractivity contribution in [1.29, 1.82) is 0 Å². The van der Waals surface area contributed by atoms with Crippen LogP contribution in [-0.2, 0) is 20.8 Å². The molecule has 1 unspecified atom stereocenters. The molecule has 3 aliphatic rings. The van der Waals surface area contributed by atoms with Crippen molar-refractivity contribution in [2.45, 2.75) is 27.2 Å². The molecule has 0 bridgehead atoms. The van der Waals surface area contributed by atoms with Gasteiger partial charge in [-0.3, -0.25) is 0 Å². The second kappa shape index (κ2) is 9.47. The Hall–Kier alpha value is 1.46. The summed E-state index contributed by atoms with van der Waals surface area (Å²) in [6.07, 6.45) is 18.0. The van der Waals surface area contributed by atoms with E-state index in [9.17, 15) is 0 Å². The van der Waals surface area contributed by atoms with Crippen molar-refractivity contribution in [2.24, 2.45) is 11.3 Å². The molecule has 0 aliphatic heterocycles. The summed E-state index contributed by atoms with van der Waals surface area (Å²) >= 11 is -0.826. The van der Waals surface area contributed by atoms with Gasteiger partial charge in [-0.25, -0.2) is 0 Å². The second-order valence-electron chi connectivity index (χ2n) is 5.42. The molecule has 0 amide bonds. The number of hydrogen-bond donors (Lipinski definition) is 0. The fourth-order valence-corrected chi connectivity index (χ4v) is 2.79. The van der Waals surface area contributed by atoms with E-state index in [4.69, 9.17) is 17.0 Å². The molecule has 0 aromatic heterocycles. The van der Waals surface area contributed by atoms with Crippen molar-refractivity contribution < 1.29 is 20.8 Å². The molecule has 0 saturated heterocycles. The zero-order chi connectivity index (χ0) is 14.3. The molecule has 3 fully saturated rings. The molecule has 0 aromatic rings. The summed E-state index contributed by atoms with van der Waals surface area (Å²) in [5.41, 5.74) is 0.429. The van der Waals surface area contributed by atoms with Crippen LogP contribution in [0.15, 0.2) is 0 Å². The van der Waals surface area contributed by atoms with Crippen molar-refractivity contribution in [3.8, 4) is 0 Å². The molecule has 19 heavy (non-hydrogen) atoms. The predicted octanol–water partition coefficient (Wildman–Crippen LogP) is 5.23. The fraction of sp³-hybridized carbons (Fsp3) is 0.375. The van der Waals surface area contributed by atoms with Gasteiger partial charge in [0.15, 0.2) is 0 Å². The third kappa shape index (κ3) is 6.00. The van der Waals surface area contributed by atoms with E-state index in [0.717, 1.165) is 5.92 Å². The van der Waals surface area contributed by atoms with Gasteiger partial charge in [0.2, 0.25) is 0 Å². The van der Waals surface area contributed by atoms with E-state index in [1.807, 2.05) is 32.1 Å². The molecular weight excluding hydrogens is 354 g/mol. The van der Waals surface area contributed by atoms with Gasteiger partial charge < -0.3 is 0 Å². The monoisotopic (exact) mass is 372 g/mol. The minimum absolute atomic E-state index is 0.429. The van der Waals surface area contributed by atoms with Crippen LogP contribution in [0.5, 0.6) is 0 Å². The first-order valence-electron chi connectivity index (χ1n) is 6.42. The molecule has 0 aromatic carbocycles. The van der Waals surface area contributed by atoms with E-state index in [0.29, 0.717) is 5.41 Å². The van der Waals surface area contributed by atoms with Crippen molar-refractivity contribution in [2.75, 3.05) is 0 Å². The third-order valence-electron chi connectivity index (χ3n) is 3.48. The molecule has 1 atom stereocenters. The normalized spacial score (nSPS) is 28.8. The SMILES string of the molecule is CC1CC(C)(C)[C]2[CH][CH][CH][C]21.[CH]1[CH][CH][CH][CH]1.[Cl][Zr+2][Cl]. The van der Waals surface area contributed by atoms with Crippen LogP contribution in [0.2, 0.25) is 0 Å². The first-order valence-corrected chi connectivity index (χ1v) is 12.7. The average Bonchev–Trinajstić information content (AvgIpc) is 3.06. The number of halogens is 2. The molecule has 0 heterocycles. The quantitative estimate of drug-likeness (QED) is 0.545. The van der Waals surface area contributed by atoms with Crippen molar-refractivity contribution in [3.63, 3.8) is 0 Å². The van der Waals surface area contributed by atoms with Gasteiger partial charge in [-0.2, -0.15) is 0 Å². The average molecular weight is 374 g/mol. The van der Waals surface area contributed by atoms with Gasteiger partial charge in [-0.1, -0.05) is 20.8 Å². The second-order valence-corrected chi connectivity index (χ2v) is 9.15. The van der Waals surface area contributed by atoms with Crippen LogP contribution >= 0.6 is 17.0 Å². The molecule has 0 spiro atoms. The first-order chi connectivity index (χ1) is 9.03. The topological polar surface area (TPSA) is 0 Å². The van der Waals surface area contributed by atoms with Crippen LogP contribution < -0.4 is 0 Å². The summed E-state index contributed by atoms with van der Waals surface area (Å²) in [7, 11) is 9.87. The zero-order valence-corrected chi connectivity index (χ0v) is 15.6. The van der Waals surface area contributed by atoms with Gasteiger partial charge in [0, 0.05) is 0 Å². The third-order valence-corrected chi connectivity index (χ3v) is 3.48. The van der Waals surface area contributed by atoms with Gasteiger partial charge >= 0.3 is 37.9 Å². The summed E-state index contributed by atoms with van der Waals surface area (Å²) < 4.78 is 0. The van der Waals surface area contributed by atoms with Crippen molar-refractivity contribution >= 4 is 17.0 Å². The van der Waals surface area contributed by atoms with E-state index in [2.05, 4.69) is 40.0 Å². The standard InChI is InChI=1S/C11H15.C5H5.2ClH.Zr/c1-8-7-11(2,3)10-6-4-5-9(8)10;1-2-4-5-3-1;;;/h4-6,8H,7H2,1-3H3;1-5H;2*1H;/q;;;;+4/p-2. The summed E-state index contributed by atoms with van der Waals surface area (Å²) in [6, 6.07) is 0. The van der Waals surface area contributed by atoms with Gasteiger partial charge in [0.25, 0.3) is 0 Å². The number of fused-ring (bicyclic) bond motifs is 1. The summed E-state index contributed by atoms with van der Waals surface area (Å²) in [4.78, 5) is 0. The van der Waals surface area contributed by atoms with E-state index in [-0.39, 0.29) is 0 Å². The number of rotatable bonds is 0. The fourth-order valence-electron chi connectivity index (χ4n) is 2.79. The van der Waals surface area contributed by atoms with E-state index in [1.165, 1.54) is 6.42 Å². The Morgan fingerprint density at radius 3 is 1.89 bits per heavy atom. The van der Waals surface area contributed by atoms with E-state index < -0.39 is 20.8 Å². The van der Waals surface area contributed by atoms with Crippen LogP contribution in [0.4, 0.5) is 0 Å². The molecule has 100 valence electrons. The molecule has 0 N–H and O–H groups in total. The van der Waals surface area contributed by atoms with Gasteiger partial charge in [0.1, 0.15) is 0 Å². The molecule has 10 radical (unpaired) electrons. The van der Waals surface area contributed by atoms with Crippen LogP contribution in [0.1, 0.15) is 27.2 Å². The van der Waals surface area contributed by atoms with Crippen LogP contribution in [0, 0.1) is 74.5 Å². The van der Waals surface area contributed by atoms with Crippen LogP contribution in [0.25, 0.3) is 0 Å². The zero-order valence-electron chi connectivity index (χ0n) is 11.7. The Labute approximate surface area is 139 Å². The number of hydrogen-bond acceptors (Lipinski definition) is 0. The maximum absolute atomic E-state index is 4.93. The van der Waals surface area contributed by atoms with Crippen molar-refractivity contribution in [1.82, 2.24) is 0 Å². The summed E-state index contributed by atoms with van der Waals surface area (Å²) in [5.74, 6) is 3.93. The molecule has 3 saturated carbocycles. The molecule has 3 heteroatoms. The van der Waals surface area contributed by atoms with Gasteiger partial charge in [-0.05, 0) is 81.0 Å². The molecule has 0 nitrogen and oxygen atoms in total. The van der Waals surface area contributed by atoms with Gasteiger partial charge in [0.05, 0.1) is 0 Å². The Morgan fingerprint density at radius 2 is 1.47 bits per heavy atom. The molecule has 3 rings (SSSR count). The Morgan fingerprint density at radius 1 is 1.00 bits per heavy atom. The minimum atomic E-state index is -0.826. The van der Waals surface area contributed by atoms with Crippen LogP contribution in [0.3, 0.4) is 0 Å². The Bertz CT molecular complexity index is 231. The predicted molar refractivity (Wildman–Crippen MR) is 80.2 cm³/mol. The van der Waals surface area contributed by atoms with Crippen LogP contribution in [-0.4, -0.2) is 0 Å². The summed E-state index contributed by atoms with van der Waals surface area (Å²) in [6.45, 7) is 7.01. The summed E-state index contributed by atoms with van der Waals surface area (Å²) in [5, 5.41) is 0. The molecule has 3 aliphatic carbocycles. The molecular formula is C16H20Cl2Zr+2. The van der Waals surface area contributed by atoms with E-state index >= 15 is 0 Å². The van der Waals surface area contributed by atoms with E-state index in [1.54, 1.807) is 11.8 Å². The van der Waals surface area contributed by atoms with Gasteiger partial charge in [-0.15, -0.1) is 0 Å². The Kier molecular flexibility index (Phi) is 9.23. The maximum atomic E-state index is 4.93. The van der Waals surface area contributed by atoms with Crippen molar-refractivity contribution in [3.05, 3.63) is 63.2 Å². The Balaban J connectivity index is 0.000000188. The first kappa shape index (κ1) is 18.5.